The highest BCUT2D eigenvalue weighted by Gasteiger charge is 2.21. The first-order valence-electron chi connectivity index (χ1n) is 8.30. The maximum atomic E-state index is 12.6. The van der Waals surface area contributed by atoms with Gasteiger partial charge in [-0.2, -0.15) is 0 Å². The lowest BCUT2D eigenvalue weighted by Gasteiger charge is -2.18. The summed E-state index contributed by atoms with van der Waals surface area (Å²) in [5.74, 6) is 0.114. The maximum absolute atomic E-state index is 12.6. The van der Waals surface area contributed by atoms with E-state index in [9.17, 15) is 14.4 Å². The molecule has 132 valence electrons. The highest BCUT2D eigenvalue weighted by Crippen LogP contribution is 2.32. The van der Waals surface area contributed by atoms with Crippen LogP contribution in [-0.2, 0) is 16.0 Å². The highest BCUT2D eigenvalue weighted by molar-refractivity contribution is 8.00. The summed E-state index contributed by atoms with van der Waals surface area (Å²) in [6.45, 7) is 1.90. The van der Waals surface area contributed by atoms with Crippen LogP contribution in [-0.4, -0.2) is 23.5 Å². The highest BCUT2D eigenvalue weighted by atomic mass is 32.2. The van der Waals surface area contributed by atoms with Gasteiger partial charge in [-0.25, -0.2) is 0 Å². The number of fused-ring (bicyclic) bond motifs is 2. The third kappa shape index (κ3) is 3.17. The molecular formula is C19H17N3O3S. The molecule has 3 amide bonds. The first-order chi connectivity index (χ1) is 12.5. The second-order valence-corrected chi connectivity index (χ2v) is 7.40. The Bertz CT molecular complexity index is 942. The first-order valence-corrected chi connectivity index (χ1v) is 9.28. The van der Waals surface area contributed by atoms with Gasteiger partial charge in [0.1, 0.15) is 0 Å². The molecule has 3 N–H and O–H groups in total. The Morgan fingerprint density at radius 2 is 1.88 bits per heavy atom. The standard InChI is InChI=1S/C19H17N3O3S/c1-10(11-2-4-14-13(6-11)8-17(23)21-14)20-19(25)12-3-5-16-15(7-12)22-18(24)9-26-16/h2-7,10H,8-9H2,1H3,(H,20,25)(H,21,23)(H,22,24)/t10-/m1/s1. The topological polar surface area (TPSA) is 87.3 Å². The van der Waals surface area contributed by atoms with E-state index < -0.39 is 0 Å². The third-order valence-electron chi connectivity index (χ3n) is 4.48. The van der Waals surface area contributed by atoms with Crippen molar-refractivity contribution >= 4 is 40.9 Å². The monoisotopic (exact) mass is 367 g/mol. The van der Waals surface area contributed by atoms with Gasteiger partial charge < -0.3 is 16.0 Å². The average Bonchev–Trinajstić information content (AvgIpc) is 3.00. The van der Waals surface area contributed by atoms with E-state index in [1.165, 1.54) is 11.8 Å². The zero-order chi connectivity index (χ0) is 18.3. The van der Waals surface area contributed by atoms with Crippen molar-refractivity contribution in [1.82, 2.24) is 5.32 Å². The van der Waals surface area contributed by atoms with Crippen LogP contribution in [0.3, 0.4) is 0 Å². The van der Waals surface area contributed by atoms with Gasteiger partial charge in [0.2, 0.25) is 11.8 Å². The average molecular weight is 367 g/mol. The van der Waals surface area contributed by atoms with E-state index in [0.29, 0.717) is 23.4 Å². The van der Waals surface area contributed by atoms with E-state index in [1.54, 1.807) is 12.1 Å². The third-order valence-corrected chi connectivity index (χ3v) is 5.55. The number of benzene rings is 2. The van der Waals surface area contributed by atoms with Crippen molar-refractivity contribution < 1.29 is 14.4 Å². The largest absolute Gasteiger partial charge is 0.346 e. The molecule has 2 aliphatic heterocycles. The Labute approximate surface area is 154 Å². The Kier molecular flexibility index (Phi) is 4.16. The number of thioether (sulfide) groups is 1. The van der Waals surface area contributed by atoms with Gasteiger partial charge in [0.25, 0.3) is 5.91 Å². The quantitative estimate of drug-likeness (QED) is 0.778. The van der Waals surface area contributed by atoms with Crippen molar-refractivity contribution in [2.24, 2.45) is 0 Å². The molecule has 0 aromatic heterocycles. The van der Waals surface area contributed by atoms with E-state index >= 15 is 0 Å². The molecule has 0 saturated heterocycles. The summed E-state index contributed by atoms with van der Waals surface area (Å²) in [6.07, 6.45) is 0.367. The van der Waals surface area contributed by atoms with Gasteiger partial charge in [-0.15, -0.1) is 11.8 Å². The zero-order valence-corrected chi connectivity index (χ0v) is 14.9. The number of nitrogens with one attached hydrogen (secondary N) is 3. The van der Waals surface area contributed by atoms with Crippen LogP contribution in [0.1, 0.15) is 34.5 Å². The summed E-state index contributed by atoms with van der Waals surface area (Å²) < 4.78 is 0. The van der Waals surface area contributed by atoms with Crippen LogP contribution in [0, 0.1) is 0 Å². The molecule has 7 heteroatoms. The lowest BCUT2D eigenvalue weighted by molar-refractivity contribution is -0.115. The zero-order valence-electron chi connectivity index (χ0n) is 14.1. The lowest BCUT2D eigenvalue weighted by Crippen LogP contribution is -2.27. The molecule has 0 radical (unpaired) electrons. The van der Waals surface area contributed by atoms with Crippen LogP contribution >= 0.6 is 11.8 Å². The summed E-state index contributed by atoms with van der Waals surface area (Å²) in [5, 5.41) is 8.56. The van der Waals surface area contributed by atoms with Crippen molar-refractivity contribution in [1.29, 1.82) is 0 Å². The Morgan fingerprint density at radius 1 is 1.08 bits per heavy atom. The molecule has 1 atom stereocenters. The minimum Gasteiger partial charge on any atom is -0.346 e. The number of hydrogen-bond acceptors (Lipinski definition) is 4. The number of rotatable bonds is 3. The number of carbonyl (C=O) groups excluding carboxylic acids is 3. The molecule has 2 heterocycles. The van der Waals surface area contributed by atoms with Crippen molar-refractivity contribution in [3.8, 4) is 0 Å². The van der Waals surface area contributed by atoms with Crippen LogP contribution in [0.5, 0.6) is 0 Å². The molecule has 2 aromatic carbocycles. The van der Waals surface area contributed by atoms with Crippen molar-refractivity contribution in [3.63, 3.8) is 0 Å². The van der Waals surface area contributed by atoms with Crippen LogP contribution < -0.4 is 16.0 Å². The predicted octanol–water partition coefficient (Wildman–Crippen LogP) is 2.72. The minimum atomic E-state index is -0.208. The summed E-state index contributed by atoms with van der Waals surface area (Å²) in [6, 6.07) is 10.8. The molecule has 0 aliphatic carbocycles. The Balaban J connectivity index is 1.50. The molecule has 0 spiro atoms. The van der Waals surface area contributed by atoms with E-state index in [-0.39, 0.29) is 23.8 Å². The number of carbonyl (C=O) groups is 3. The van der Waals surface area contributed by atoms with Crippen molar-refractivity contribution in [2.75, 3.05) is 16.4 Å². The Morgan fingerprint density at radius 3 is 2.73 bits per heavy atom. The van der Waals surface area contributed by atoms with Crippen LogP contribution in [0.15, 0.2) is 41.3 Å². The molecule has 0 saturated carbocycles. The molecule has 0 fully saturated rings. The van der Waals surface area contributed by atoms with Gasteiger partial charge in [0.15, 0.2) is 0 Å². The van der Waals surface area contributed by atoms with Crippen molar-refractivity contribution in [2.45, 2.75) is 24.3 Å². The number of amides is 3. The van der Waals surface area contributed by atoms with Gasteiger partial charge in [0, 0.05) is 16.1 Å². The second-order valence-electron chi connectivity index (χ2n) is 6.38. The fourth-order valence-corrected chi connectivity index (χ4v) is 3.89. The van der Waals surface area contributed by atoms with Gasteiger partial charge in [-0.3, -0.25) is 14.4 Å². The lowest BCUT2D eigenvalue weighted by atomic mass is 10.0. The van der Waals surface area contributed by atoms with Gasteiger partial charge in [-0.05, 0) is 42.3 Å². The predicted molar refractivity (Wildman–Crippen MR) is 100 cm³/mol. The molecule has 26 heavy (non-hydrogen) atoms. The second kappa shape index (κ2) is 6.49. The van der Waals surface area contributed by atoms with Gasteiger partial charge >= 0.3 is 0 Å². The molecule has 0 bridgehead atoms. The first kappa shape index (κ1) is 16.7. The number of anilines is 2. The minimum absolute atomic E-state index is 0.0113. The van der Waals surface area contributed by atoms with E-state index in [2.05, 4.69) is 16.0 Å². The Hall–Kier alpha value is -2.80. The van der Waals surface area contributed by atoms with E-state index in [1.807, 2.05) is 31.2 Å². The normalized spacial score (nSPS) is 16.2. The van der Waals surface area contributed by atoms with E-state index in [0.717, 1.165) is 21.7 Å². The summed E-state index contributed by atoms with van der Waals surface area (Å²) in [4.78, 5) is 36.5. The van der Waals surface area contributed by atoms with Crippen LogP contribution in [0.2, 0.25) is 0 Å². The maximum Gasteiger partial charge on any atom is 0.251 e. The number of hydrogen-bond donors (Lipinski definition) is 3. The van der Waals surface area contributed by atoms with E-state index in [4.69, 9.17) is 0 Å². The molecule has 6 nitrogen and oxygen atoms in total. The van der Waals surface area contributed by atoms with Crippen LogP contribution in [0.4, 0.5) is 11.4 Å². The fraction of sp³-hybridized carbons (Fsp3) is 0.211. The summed E-state index contributed by atoms with van der Waals surface area (Å²) >= 11 is 1.46. The van der Waals surface area contributed by atoms with Crippen LogP contribution in [0.25, 0.3) is 0 Å². The van der Waals surface area contributed by atoms with Gasteiger partial charge in [0.05, 0.1) is 23.9 Å². The SMILES string of the molecule is C[C@@H](NC(=O)c1ccc2c(c1)NC(=O)CS2)c1ccc2c(c1)CC(=O)N2. The van der Waals surface area contributed by atoms with Crippen molar-refractivity contribution in [3.05, 3.63) is 53.1 Å². The fourth-order valence-electron chi connectivity index (χ4n) is 3.11. The molecule has 2 aliphatic rings. The summed E-state index contributed by atoms with van der Waals surface area (Å²) in [5.41, 5.74) is 3.89. The summed E-state index contributed by atoms with van der Waals surface area (Å²) in [7, 11) is 0. The molecule has 4 rings (SSSR count). The van der Waals surface area contributed by atoms with Gasteiger partial charge in [-0.1, -0.05) is 12.1 Å². The molecule has 0 unspecified atom stereocenters. The molecule has 2 aromatic rings. The smallest absolute Gasteiger partial charge is 0.251 e. The molecular weight excluding hydrogens is 350 g/mol.